The van der Waals surface area contributed by atoms with Crippen LogP contribution in [0.2, 0.25) is 0 Å². The molecular formula is C20H21N3O3S. The third kappa shape index (κ3) is 3.35. The summed E-state index contributed by atoms with van der Waals surface area (Å²) < 4.78 is 7.11. The Morgan fingerprint density at radius 1 is 1.30 bits per heavy atom. The van der Waals surface area contributed by atoms with E-state index < -0.39 is 0 Å². The molecule has 1 atom stereocenters. The number of carbonyl (C=O) groups excluding carboxylic acids is 2. The maximum absolute atomic E-state index is 13.3. The molecule has 1 aromatic carbocycles. The van der Waals surface area contributed by atoms with Crippen molar-refractivity contribution in [1.82, 2.24) is 14.3 Å². The highest BCUT2D eigenvalue weighted by atomic mass is 32.1. The van der Waals surface area contributed by atoms with Crippen molar-refractivity contribution >= 4 is 28.2 Å². The zero-order valence-electron chi connectivity index (χ0n) is 15.1. The number of piperidine rings is 1. The molecule has 4 rings (SSSR count). The standard InChI is InChI=1S/C20H21N3O3S/c1-2-26-19(25)15-9-6-10-22(13-15)18(24)16-17(14-7-4-3-5-8-14)23-11-12-27-20(23)21-16/h3-5,7-8,11-12,15H,2,6,9-10,13H2,1H3. The third-order valence-electron chi connectivity index (χ3n) is 4.84. The minimum atomic E-state index is -0.258. The number of hydrogen-bond acceptors (Lipinski definition) is 5. The minimum Gasteiger partial charge on any atom is -0.466 e. The van der Waals surface area contributed by atoms with Gasteiger partial charge in [0.25, 0.3) is 5.91 Å². The molecule has 0 N–H and O–H groups in total. The molecule has 2 aromatic heterocycles. The molecule has 0 spiro atoms. The van der Waals surface area contributed by atoms with Gasteiger partial charge in [-0.3, -0.25) is 14.0 Å². The van der Waals surface area contributed by atoms with E-state index in [1.54, 1.807) is 11.8 Å². The van der Waals surface area contributed by atoms with E-state index in [1.807, 2.05) is 46.3 Å². The van der Waals surface area contributed by atoms with Gasteiger partial charge in [-0.2, -0.15) is 0 Å². The number of hydrogen-bond donors (Lipinski definition) is 0. The van der Waals surface area contributed by atoms with Gasteiger partial charge in [0.15, 0.2) is 10.7 Å². The van der Waals surface area contributed by atoms with Crippen LogP contribution in [0.3, 0.4) is 0 Å². The highest BCUT2D eigenvalue weighted by Crippen LogP contribution is 2.29. The number of rotatable bonds is 4. The van der Waals surface area contributed by atoms with Crippen molar-refractivity contribution < 1.29 is 14.3 Å². The fourth-order valence-corrected chi connectivity index (χ4v) is 4.28. The molecule has 1 amide bonds. The van der Waals surface area contributed by atoms with Crippen molar-refractivity contribution in [3.63, 3.8) is 0 Å². The fraction of sp³-hybridized carbons (Fsp3) is 0.350. The molecule has 1 fully saturated rings. The SMILES string of the molecule is CCOC(=O)C1CCCN(C(=O)c2nc3sccn3c2-c2ccccc2)C1. The molecule has 7 heteroatoms. The Balaban J connectivity index is 1.67. The molecule has 1 aliphatic heterocycles. The molecule has 1 unspecified atom stereocenters. The number of fused-ring (bicyclic) bond motifs is 1. The third-order valence-corrected chi connectivity index (χ3v) is 5.60. The van der Waals surface area contributed by atoms with Crippen molar-refractivity contribution in [3.8, 4) is 11.3 Å². The second-order valence-electron chi connectivity index (χ2n) is 6.57. The van der Waals surface area contributed by atoms with E-state index in [1.165, 1.54) is 11.3 Å². The van der Waals surface area contributed by atoms with Gasteiger partial charge < -0.3 is 9.64 Å². The summed E-state index contributed by atoms with van der Waals surface area (Å²) in [5, 5.41) is 1.96. The first-order valence-corrected chi connectivity index (χ1v) is 10.0. The molecule has 1 saturated heterocycles. The molecule has 0 bridgehead atoms. The van der Waals surface area contributed by atoms with Gasteiger partial charge >= 0.3 is 5.97 Å². The van der Waals surface area contributed by atoms with Crippen LogP contribution < -0.4 is 0 Å². The highest BCUT2D eigenvalue weighted by Gasteiger charge is 2.32. The maximum Gasteiger partial charge on any atom is 0.310 e. The summed E-state index contributed by atoms with van der Waals surface area (Å²) in [6, 6.07) is 9.82. The predicted molar refractivity (Wildman–Crippen MR) is 104 cm³/mol. The Hall–Kier alpha value is -2.67. The second-order valence-corrected chi connectivity index (χ2v) is 7.45. The lowest BCUT2D eigenvalue weighted by Gasteiger charge is -2.31. The zero-order valence-corrected chi connectivity index (χ0v) is 15.9. The van der Waals surface area contributed by atoms with E-state index in [0.29, 0.717) is 25.4 Å². The topological polar surface area (TPSA) is 63.9 Å². The van der Waals surface area contributed by atoms with Gasteiger partial charge in [-0.1, -0.05) is 30.3 Å². The number of amides is 1. The van der Waals surface area contributed by atoms with Crippen LogP contribution in [0.4, 0.5) is 0 Å². The molecule has 6 nitrogen and oxygen atoms in total. The normalized spacial score (nSPS) is 17.2. The average molecular weight is 383 g/mol. The van der Waals surface area contributed by atoms with E-state index in [2.05, 4.69) is 4.98 Å². The summed E-state index contributed by atoms with van der Waals surface area (Å²) in [5.74, 6) is -0.602. The number of nitrogens with zero attached hydrogens (tertiary/aromatic N) is 3. The van der Waals surface area contributed by atoms with Crippen molar-refractivity contribution in [2.75, 3.05) is 19.7 Å². The van der Waals surface area contributed by atoms with E-state index in [-0.39, 0.29) is 17.8 Å². The summed E-state index contributed by atoms with van der Waals surface area (Å²) in [5.41, 5.74) is 2.19. The molecular weight excluding hydrogens is 362 g/mol. The van der Waals surface area contributed by atoms with E-state index in [4.69, 9.17) is 4.74 Å². The van der Waals surface area contributed by atoms with Gasteiger partial charge in [0.1, 0.15) is 0 Å². The molecule has 0 radical (unpaired) electrons. The first kappa shape index (κ1) is 17.7. The molecule has 27 heavy (non-hydrogen) atoms. The number of thiazole rings is 1. The summed E-state index contributed by atoms with van der Waals surface area (Å²) in [6.45, 7) is 3.18. The second kappa shape index (κ2) is 7.52. The minimum absolute atomic E-state index is 0.126. The summed E-state index contributed by atoms with van der Waals surface area (Å²) in [7, 11) is 0. The van der Waals surface area contributed by atoms with E-state index in [0.717, 1.165) is 29.1 Å². The van der Waals surface area contributed by atoms with Crippen molar-refractivity contribution in [1.29, 1.82) is 0 Å². The van der Waals surface area contributed by atoms with Gasteiger partial charge in [-0.15, -0.1) is 11.3 Å². The van der Waals surface area contributed by atoms with E-state index in [9.17, 15) is 9.59 Å². The fourth-order valence-electron chi connectivity index (χ4n) is 3.57. The number of aromatic nitrogens is 2. The van der Waals surface area contributed by atoms with E-state index >= 15 is 0 Å². The largest absolute Gasteiger partial charge is 0.466 e. The number of imidazole rings is 1. The first-order valence-electron chi connectivity index (χ1n) is 9.16. The first-order chi connectivity index (χ1) is 13.2. The Kier molecular flexibility index (Phi) is 4.94. The van der Waals surface area contributed by atoms with Crippen LogP contribution in [-0.2, 0) is 9.53 Å². The Morgan fingerprint density at radius 3 is 2.89 bits per heavy atom. The Morgan fingerprint density at radius 2 is 2.11 bits per heavy atom. The van der Waals surface area contributed by atoms with Crippen molar-refractivity contribution in [3.05, 3.63) is 47.6 Å². The van der Waals surface area contributed by atoms with Crippen LogP contribution in [0.15, 0.2) is 41.9 Å². The summed E-state index contributed by atoms with van der Waals surface area (Å²) in [4.78, 5) is 32.5. The monoisotopic (exact) mass is 383 g/mol. The van der Waals surface area contributed by atoms with Crippen LogP contribution in [0, 0.1) is 5.92 Å². The summed E-state index contributed by atoms with van der Waals surface area (Å²) >= 11 is 1.50. The van der Waals surface area contributed by atoms with Crippen molar-refractivity contribution in [2.24, 2.45) is 5.92 Å². The molecule has 1 aliphatic rings. The van der Waals surface area contributed by atoms with Crippen LogP contribution in [0.1, 0.15) is 30.3 Å². The smallest absolute Gasteiger partial charge is 0.310 e. The zero-order chi connectivity index (χ0) is 18.8. The van der Waals surface area contributed by atoms with Gasteiger partial charge in [0.05, 0.1) is 18.2 Å². The van der Waals surface area contributed by atoms with Crippen LogP contribution in [0.25, 0.3) is 16.2 Å². The summed E-state index contributed by atoms with van der Waals surface area (Å²) in [6.07, 6.45) is 3.48. The number of esters is 1. The van der Waals surface area contributed by atoms with Crippen LogP contribution in [-0.4, -0.2) is 45.9 Å². The molecule has 0 aliphatic carbocycles. The van der Waals surface area contributed by atoms with Gasteiger partial charge in [-0.05, 0) is 19.8 Å². The van der Waals surface area contributed by atoms with Crippen LogP contribution in [0.5, 0.6) is 0 Å². The van der Waals surface area contributed by atoms with Gasteiger partial charge in [0, 0.05) is 30.2 Å². The van der Waals surface area contributed by atoms with Gasteiger partial charge in [-0.25, -0.2) is 4.98 Å². The Labute approximate surface area is 161 Å². The molecule has 3 heterocycles. The molecule has 3 aromatic rings. The molecule has 0 saturated carbocycles. The lowest BCUT2D eigenvalue weighted by molar-refractivity contribution is -0.149. The number of likely N-dealkylation sites (tertiary alicyclic amines) is 1. The Bertz CT molecular complexity index is 963. The maximum atomic E-state index is 13.3. The quantitative estimate of drug-likeness (QED) is 0.647. The predicted octanol–water partition coefficient (Wildman–Crippen LogP) is 3.48. The van der Waals surface area contributed by atoms with Crippen molar-refractivity contribution in [2.45, 2.75) is 19.8 Å². The lowest BCUT2D eigenvalue weighted by atomic mass is 9.97. The lowest BCUT2D eigenvalue weighted by Crippen LogP contribution is -2.43. The number of benzene rings is 1. The van der Waals surface area contributed by atoms with Crippen LogP contribution >= 0.6 is 11.3 Å². The van der Waals surface area contributed by atoms with Gasteiger partial charge in [0.2, 0.25) is 0 Å². The highest BCUT2D eigenvalue weighted by molar-refractivity contribution is 7.15. The molecule has 140 valence electrons. The average Bonchev–Trinajstić information content (AvgIpc) is 3.29. The number of carbonyl (C=O) groups is 2. The number of ether oxygens (including phenoxy) is 1.